The van der Waals surface area contributed by atoms with Crippen LogP contribution in [-0.4, -0.2) is 18.0 Å². The van der Waals surface area contributed by atoms with Crippen LogP contribution in [0.25, 0.3) is 0 Å². The number of carbonyl (C=O) groups excluding carboxylic acids is 2. The van der Waals surface area contributed by atoms with E-state index in [0.717, 1.165) is 0 Å². The van der Waals surface area contributed by atoms with Gasteiger partial charge in [0.2, 0.25) is 0 Å². The monoisotopic (exact) mass is 224 g/mol. The number of halogens is 1. The van der Waals surface area contributed by atoms with E-state index in [0.29, 0.717) is 10.7 Å². The molecule has 5 heteroatoms. The summed E-state index contributed by atoms with van der Waals surface area (Å²) < 4.78 is 0. The highest BCUT2D eigenvalue weighted by Gasteiger charge is 2.36. The summed E-state index contributed by atoms with van der Waals surface area (Å²) >= 11 is 5.95. The van der Waals surface area contributed by atoms with E-state index >= 15 is 0 Å². The fraction of sp³-hybridized carbons (Fsp3) is 0.200. The Morgan fingerprint density at radius 2 is 2.00 bits per heavy atom. The van der Waals surface area contributed by atoms with E-state index in [-0.39, 0.29) is 5.91 Å². The number of hydrogen-bond acceptors (Lipinski definition) is 2. The summed E-state index contributed by atoms with van der Waals surface area (Å²) in [6.45, 7) is 1.66. The standard InChI is InChI=1S/C10H9ClN2O2/c1-6-9(14)12-10(15)13(6)8-5-3-2-4-7(8)11/h2-6H,1H3,(H,12,14,15). The first-order chi connectivity index (χ1) is 7.11. The second-order valence-corrected chi connectivity index (χ2v) is 3.70. The molecule has 78 valence electrons. The molecule has 1 unspecified atom stereocenters. The van der Waals surface area contributed by atoms with Gasteiger partial charge >= 0.3 is 6.03 Å². The molecule has 1 aliphatic rings. The number of anilines is 1. The Kier molecular flexibility index (Phi) is 2.36. The largest absolute Gasteiger partial charge is 0.329 e. The van der Waals surface area contributed by atoms with Gasteiger partial charge in [-0.2, -0.15) is 0 Å². The summed E-state index contributed by atoms with van der Waals surface area (Å²) in [6, 6.07) is 5.98. The predicted octanol–water partition coefficient (Wildman–Crippen LogP) is 1.78. The van der Waals surface area contributed by atoms with Crippen LogP contribution in [0.5, 0.6) is 0 Å². The van der Waals surface area contributed by atoms with E-state index in [1.54, 1.807) is 31.2 Å². The average Bonchev–Trinajstić information content (AvgIpc) is 2.43. The van der Waals surface area contributed by atoms with Gasteiger partial charge in [-0.1, -0.05) is 23.7 Å². The molecule has 1 aliphatic heterocycles. The molecule has 1 fully saturated rings. The van der Waals surface area contributed by atoms with Gasteiger partial charge in [0.05, 0.1) is 10.7 Å². The number of nitrogens with zero attached hydrogens (tertiary/aromatic N) is 1. The van der Waals surface area contributed by atoms with Crippen LogP contribution < -0.4 is 10.2 Å². The molecule has 1 N–H and O–H groups in total. The summed E-state index contributed by atoms with van der Waals surface area (Å²) in [5, 5.41) is 2.68. The van der Waals surface area contributed by atoms with Crippen LogP contribution in [-0.2, 0) is 4.79 Å². The lowest BCUT2D eigenvalue weighted by molar-refractivity contribution is -0.119. The van der Waals surface area contributed by atoms with E-state index in [9.17, 15) is 9.59 Å². The van der Waals surface area contributed by atoms with Gasteiger partial charge in [-0.05, 0) is 19.1 Å². The number of nitrogens with one attached hydrogen (secondary N) is 1. The topological polar surface area (TPSA) is 49.4 Å². The van der Waals surface area contributed by atoms with E-state index in [2.05, 4.69) is 5.32 Å². The number of imide groups is 1. The van der Waals surface area contributed by atoms with Gasteiger partial charge in [-0.25, -0.2) is 4.79 Å². The third-order valence-electron chi connectivity index (χ3n) is 2.33. The first-order valence-corrected chi connectivity index (χ1v) is 4.87. The Hall–Kier alpha value is -1.55. The number of amides is 3. The fourth-order valence-corrected chi connectivity index (χ4v) is 1.76. The molecular weight excluding hydrogens is 216 g/mol. The van der Waals surface area contributed by atoms with Crippen LogP contribution >= 0.6 is 11.6 Å². The van der Waals surface area contributed by atoms with Crippen molar-refractivity contribution in [3.8, 4) is 0 Å². The van der Waals surface area contributed by atoms with Crippen LogP contribution in [0.4, 0.5) is 10.5 Å². The average molecular weight is 225 g/mol. The van der Waals surface area contributed by atoms with Crippen molar-refractivity contribution in [2.45, 2.75) is 13.0 Å². The second-order valence-electron chi connectivity index (χ2n) is 3.29. The quantitative estimate of drug-likeness (QED) is 0.740. The summed E-state index contributed by atoms with van der Waals surface area (Å²) in [4.78, 5) is 24.1. The molecule has 2 rings (SSSR count). The molecule has 1 aromatic rings. The van der Waals surface area contributed by atoms with Gasteiger partial charge in [0, 0.05) is 0 Å². The van der Waals surface area contributed by atoms with Crippen molar-refractivity contribution in [3.63, 3.8) is 0 Å². The van der Waals surface area contributed by atoms with E-state index in [4.69, 9.17) is 11.6 Å². The number of carbonyl (C=O) groups is 2. The Morgan fingerprint density at radius 3 is 2.53 bits per heavy atom. The van der Waals surface area contributed by atoms with Crippen molar-refractivity contribution in [2.24, 2.45) is 0 Å². The maximum Gasteiger partial charge on any atom is 0.329 e. The molecule has 3 amide bonds. The zero-order chi connectivity index (χ0) is 11.0. The molecule has 15 heavy (non-hydrogen) atoms. The van der Waals surface area contributed by atoms with Crippen molar-refractivity contribution >= 4 is 29.2 Å². The Balaban J connectivity index is 2.43. The molecule has 1 atom stereocenters. The Morgan fingerprint density at radius 1 is 1.33 bits per heavy atom. The van der Waals surface area contributed by atoms with E-state index in [1.165, 1.54) is 4.90 Å². The number of benzene rings is 1. The number of urea groups is 1. The molecule has 0 saturated carbocycles. The second kappa shape index (κ2) is 3.55. The summed E-state index contributed by atoms with van der Waals surface area (Å²) in [5.41, 5.74) is 0.551. The molecule has 1 saturated heterocycles. The van der Waals surface area contributed by atoms with Crippen molar-refractivity contribution in [1.29, 1.82) is 0 Å². The van der Waals surface area contributed by atoms with Gasteiger partial charge in [-0.3, -0.25) is 15.0 Å². The van der Waals surface area contributed by atoms with Crippen molar-refractivity contribution in [3.05, 3.63) is 29.3 Å². The molecule has 0 spiro atoms. The highest BCUT2D eigenvalue weighted by Crippen LogP contribution is 2.28. The first-order valence-electron chi connectivity index (χ1n) is 4.50. The summed E-state index contributed by atoms with van der Waals surface area (Å²) in [5.74, 6) is -0.306. The minimum absolute atomic E-state index is 0.306. The normalized spacial score (nSPS) is 20.7. The van der Waals surface area contributed by atoms with E-state index < -0.39 is 12.1 Å². The number of para-hydroxylation sites is 1. The van der Waals surface area contributed by atoms with Crippen LogP contribution in [0.15, 0.2) is 24.3 Å². The maximum atomic E-state index is 11.5. The zero-order valence-electron chi connectivity index (χ0n) is 8.03. The first kappa shape index (κ1) is 9.98. The molecule has 0 aromatic heterocycles. The van der Waals surface area contributed by atoms with E-state index in [1.807, 2.05) is 0 Å². The van der Waals surface area contributed by atoms with Crippen LogP contribution in [0, 0.1) is 0 Å². The highest BCUT2D eigenvalue weighted by atomic mass is 35.5. The third-order valence-corrected chi connectivity index (χ3v) is 2.65. The highest BCUT2D eigenvalue weighted by molar-refractivity contribution is 6.34. The molecule has 0 aliphatic carbocycles. The lowest BCUT2D eigenvalue weighted by Gasteiger charge is -2.19. The Bertz CT molecular complexity index is 433. The van der Waals surface area contributed by atoms with Gasteiger partial charge in [0.1, 0.15) is 6.04 Å². The lowest BCUT2D eigenvalue weighted by atomic mass is 10.2. The molecule has 0 radical (unpaired) electrons. The molecule has 1 aromatic carbocycles. The lowest BCUT2D eigenvalue weighted by Crippen LogP contribution is -2.32. The third kappa shape index (κ3) is 1.57. The van der Waals surface area contributed by atoms with Crippen molar-refractivity contribution in [1.82, 2.24) is 5.32 Å². The van der Waals surface area contributed by atoms with Gasteiger partial charge in [-0.15, -0.1) is 0 Å². The van der Waals surface area contributed by atoms with Gasteiger partial charge in [0.15, 0.2) is 0 Å². The summed E-state index contributed by atoms with van der Waals surface area (Å²) in [7, 11) is 0. The van der Waals surface area contributed by atoms with Crippen LogP contribution in [0.2, 0.25) is 5.02 Å². The maximum absolute atomic E-state index is 11.5. The Labute approximate surface area is 91.8 Å². The van der Waals surface area contributed by atoms with Gasteiger partial charge in [0.25, 0.3) is 5.91 Å². The predicted molar refractivity (Wildman–Crippen MR) is 56.9 cm³/mol. The fourth-order valence-electron chi connectivity index (χ4n) is 1.53. The van der Waals surface area contributed by atoms with Crippen LogP contribution in [0.1, 0.15) is 6.92 Å². The van der Waals surface area contributed by atoms with Crippen molar-refractivity contribution < 1.29 is 9.59 Å². The molecular formula is C10H9ClN2O2. The smallest absolute Gasteiger partial charge is 0.280 e. The minimum Gasteiger partial charge on any atom is -0.280 e. The van der Waals surface area contributed by atoms with Gasteiger partial charge < -0.3 is 0 Å². The van der Waals surface area contributed by atoms with Crippen LogP contribution in [0.3, 0.4) is 0 Å². The molecule has 0 bridgehead atoms. The number of hydrogen-bond donors (Lipinski definition) is 1. The minimum atomic E-state index is -0.516. The SMILES string of the molecule is CC1C(=O)NC(=O)N1c1ccccc1Cl. The molecule has 4 nitrogen and oxygen atoms in total. The van der Waals surface area contributed by atoms with Crippen molar-refractivity contribution in [2.75, 3.05) is 4.90 Å². The zero-order valence-corrected chi connectivity index (χ0v) is 8.78. The molecule has 1 heterocycles. The summed E-state index contributed by atoms with van der Waals surface area (Å²) in [6.07, 6.45) is 0. The number of rotatable bonds is 1.